The molecule has 0 spiro atoms. The average Bonchev–Trinajstić information content (AvgIpc) is 2.70. The maximum Gasteiger partial charge on any atom is 0.241 e. The lowest BCUT2D eigenvalue weighted by Crippen LogP contribution is -2.35. The molecule has 2 atom stereocenters. The number of halogens is 1. The molecule has 1 amide bonds. The smallest absolute Gasteiger partial charge is 0.241 e. The van der Waals surface area contributed by atoms with Crippen molar-refractivity contribution in [3.8, 4) is 0 Å². The zero-order valence-electron chi connectivity index (χ0n) is 10.5. The van der Waals surface area contributed by atoms with E-state index >= 15 is 0 Å². The number of nitrogens with one attached hydrogen (secondary N) is 2. The summed E-state index contributed by atoms with van der Waals surface area (Å²) in [5.41, 5.74) is 2.90. The number of aryl methyl sites for hydroxylation is 2. The van der Waals surface area contributed by atoms with Crippen LogP contribution in [0.3, 0.4) is 0 Å². The Kier molecular flexibility index (Phi) is 4.04. The van der Waals surface area contributed by atoms with Gasteiger partial charge in [-0.25, -0.2) is 0 Å². The number of amides is 1. The molecule has 5 heteroatoms. The van der Waals surface area contributed by atoms with Gasteiger partial charge < -0.3 is 15.7 Å². The Balaban J connectivity index is 2.12. The number of β-amino-alcohol motifs (C(OH)–C–C–N with tert-alkyl or cyclic N) is 1. The van der Waals surface area contributed by atoms with E-state index in [1.807, 2.05) is 26.0 Å². The number of carbonyl (C=O) groups excluding carboxylic acids is 1. The first-order valence-corrected chi connectivity index (χ1v) is 6.75. The summed E-state index contributed by atoms with van der Waals surface area (Å²) >= 11 is 3.43. The van der Waals surface area contributed by atoms with Crippen LogP contribution in [-0.4, -0.2) is 29.7 Å². The average molecular weight is 313 g/mol. The van der Waals surface area contributed by atoms with Crippen molar-refractivity contribution in [1.29, 1.82) is 0 Å². The maximum absolute atomic E-state index is 12.1. The predicted octanol–water partition coefficient (Wildman–Crippen LogP) is 1.73. The summed E-state index contributed by atoms with van der Waals surface area (Å²) in [6.07, 6.45) is 0.0494. The van der Waals surface area contributed by atoms with Gasteiger partial charge in [0.1, 0.15) is 0 Å². The number of aliphatic hydroxyl groups excluding tert-OH is 1. The summed E-state index contributed by atoms with van der Waals surface area (Å²) in [5, 5.41) is 15.4. The van der Waals surface area contributed by atoms with Gasteiger partial charge in [0.2, 0.25) is 5.91 Å². The quantitative estimate of drug-likeness (QED) is 0.779. The highest BCUT2D eigenvalue weighted by molar-refractivity contribution is 9.10. The third-order valence-electron chi connectivity index (χ3n) is 3.17. The lowest BCUT2D eigenvalue weighted by Gasteiger charge is -2.15. The summed E-state index contributed by atoms with van der Waals surface area (Å²) in [4.78, 5) is 12.1. The normalized spacial score (nSPS) is 23.1. The number of carbonyl (C=O) groups is 1. The fourth-order valence-corrected chi connectivity index (χ4v) is 2.92. The molecule has 1 aromatic rings. The van der Waals surface area contributed by atoms with E-state index in [9.17, 15) is 9.90 Å². The minimum Gasteiger partial charge on any atom is -0.392 e. The van der Waals surface area contributed by atoms with Crippen LogP contribution >= 0.6 is 15.9 Å². The third-order valence-corrected chi connectivity index (χ3v) is 3.63. The van der Waals surface area contributed by atoms with Crippen molar-refractivity contribution in [2.75, 3.05) is 11.9 Å². The van der Waals surface area contributed by atoms with Crippen LogP contribution in [0.25, 0.3) is 0 Å². The lowest BCUT2D eigenvalue weighted by molar-refractivity contribution is -0.117. The molecule has 0 aromatic heterocycles. The minimum atomic E-state index is -0.423. The molecule has 4 nitrogen and oxygen atoms in total. The van der Waals surface area contributed by atoms with Gasteiger partial charge >= 0.3 is 0 Å². The van der Waals surface area contributed by atoms with E-state index in [4.69, 9.17) is 0 Å². The van der Waals surface area contributed by atoms with Crippen molar-refractivity contribution in [2.24, 2.45) is 0 Å². The summed E-state index contributed by atoms with van der Waals surface area (Å²) in [5.74, 6) is -0.0833. The fraction of sp³-hybridized carbons (Fsp3) is 0.462. The molecule has 98 valence electrons. The van der Waals surface area contributed by atoms with Gasteiger partial charge in [0.15, 0.2) is 0 Å². The van der Waals surface area contributed by atoms with Crippen molar-refractivity contribution in [2.45, 2.75) is 32.4 Å². The Morgan fingerprint density at radius 2 is 2.06 bits per heavy atom. The van der Waals surface area contributed by atoms with Gasteiger partial charge in [0.05, 0.1) is 12.1 Å². The SMILES string of the molecule is Cc1cc(Br)cc(C)c1NC(=O)C1CC(O)CN1. The molecule has 1 aliphatic rings. The van der Waals surface area contributed by atoms with E-state index in [1.165, 1.54) is 0 Å². The van der Waals surface area contributed by atoms with Crippen LogP contribution in [0.1, 0.15) is 17.5 Å². The highest BCUT2D eigenvalue weighted by Gasteiger charge is 2.28. The Morgan fingerprint density at radius 1 is 1.44 bits per heavy atom. The van der Waals surface area contributed by atoms with Gasteiger partial charge in [0.25, 0.3) is 0 Å². The van der Waals surface area contributed by atoms with E-state index in [0.29, 0.717) is 13.0 Å². The second kappa shape index (κ2) is 5.38. The second-order valence-electron chi connectivity index (χ2n) is 4.75. The Bertz CT molecular complexity index is 453. The van der Waals surface area contributed by atoms with Crippen LogP contribution in [0.15, 0.2) is 16.6 Å². The first kappa shape index (κ1) is 13.5. The van der Waals surface area contributed by atoms with Gasteiger partial charge in [-0.05, 0) is 43.5 Å². The molecular weight excluding hydrogens is 296 g/mol. The number of benzene rings is 1. The molecule has 1 aliphatic heterocycles. The van der Waals surface area contributed by atoms with Crippen LogP contribution in [0.4, 0.5) is 5.69 Å². The first-order valence-electron chi connectivity index (χ1n) is 5.96. The number of hydrogen-bond acceptors (Lipinski definition) is 3. The monoisotopic (exact) mass is 312 g/mol. The molecule has 1 fully saturated rings. The molecular formula is C13H17BrN2O2. The Morgan fingerprint density at radius 3 is 2.56 bits per heavy atom. The van der Waals surface area contributed by atoms with Gasteiger partial charge in [0, 0.05) is 16.7 Å². The predicted molar refractivity (Wildman–Crippen MR) is 74.7 cm³/mol. The Hall–Kier alpha value is -0.910. The van der Waals surface area contributed by atoms with E-state index in [-0.39, 0.29) is 11.9 Å². The number of aliphatic hydroxyl groups is 1. The second-order valence-corrected chi connectivity index (χ2v) is 5.67. The highest BCUT2D eigenvalue weighted by atomic mass is 79.9. The van der Waals surface area contributed by atoms with E-state index in [2.05, 4.69) is 26.6 Å². The summed E-state index contributed by atoms with van der Waals surface area (Å²) < 4.78 is 1.00. The Labute approximate surface area is 115 Å². The van der Waals surface area contributed by atoms with E-state index in [0.717, 1.165) is 21.3 Å². The molecule has 0 bridgehead atoms. The van der Waals surface area contributed by atoms with Gasteiger partial charge in [-0.15, -0.1) is 0 Å². The van der Waals surface area contributed by atoms with Gasteiger partial charge in [-0.3, -0.25) is 4.79 Å². The van der Waals surface area contributed by atoms with Gasteiger partial charge in [-0.1, -0.05) is 15.9 Å². The van der Waals surface area contributed by atoms with Crippen molar-refractivity contribution in [3.05, 3.63) is 27.7 Å². The minimum absolute atomic E-state index is 0.0833. The number of hydrogen-bond donors (Lipinski definition) is 3. The molecule has 1 aromatic carbocycles. The fourth-order valence-electron chi connectivity index (χ4n) is 2.23. The topological polar surface area (TPSA) is 61.4 Å². The van der Waals surface area contributed by atoms with Gasteiger partial charge in [-0.2, -0.15) is 0 Å². The summed E-state index contributed by atoms with van der Waals surface area (Å²) in [7, 11) is 0. The maximum atomic E-state index is 12.1. The van der Waals surface area contributed by atoms with Crippen LogP contribution in [0, 0.1) is 13.8 Å². The van der Waals surface area contributed by atoms with E-state index < -0.39 is 6.10 Å². The molecule has 1 heterocycles. The molecule has 2 rings (SSSR count). The number of anilines is 1. The van der Waals surface area contributed by atoms with Crippen LogP contribution < -0.4 is 10.6 Å². The molecule has 1 saturated heterocycles. The zero-order chi connectivity index (χ0) is 13.3. The molecule has 18 heavy (non-hydrogen) atoms. The van der Waals surface area contributed by atoms with Crippen molar-refractivity contribution in [1.82, 2.24) is 5.32 Å². The zero-order valence-corrected chi connectivity index (χ0v) is 12.0. The molecule has 2 unspecified atom stereocenters. The molecule has 0 radical (unpaired) electrons. The molecule has 0 aliphatic carbocycles. The summed E-state index contributed by atoms with van der Waals surface area (Å²) in [6, 6.07) is 3.64. The largest absolute Gasteiger partial charge is 0.392 e. The summed E-state index contributed by atoms with van der Waals surface area (Å²) in [6.45, 7) is 4.41. The first-order chi connectivity index (χ1) is 8.47. The third kappa shape index (κ3) is 2.91. The number of rotatable bonds is 2. The van der Waals surface area contributed by atoms with Crippen LogP contribution in [-0.2, 0) is 4.79 Å². The van der Waals surface area contributed by atoms with Crippen molar-refractivity contribution < 1.29 is 9.90 Å². The molecule has 0 saturated carbocycles. The van der Waals surface area contributed by atoms with Crippen LogP contribution in [0.5, 0.6) is 0 Å². The standard InChI is InChI=1S/C13H17BrN2O2/c1-7-3-9(14)4-8(2)12(7)16-13(18)11-5-10(17)6-15-11/h3-4,10-11,15,17H,5-6H2,1-2H3,(H,16,18). The lowest BCUT2D eigenvalue weighted by atomic mass is 10.1. The highest BCUT2D eigenvalue weighted by Crippen LogP contribution is 2.25. The van der Waals surface area contributed by atoms with Crippen molar-refractivity contribution in [3.63, 3.8) is 0 Å². The van der Waals surface area contributed by atoms with Crippen molar-refractivity contribution >= 4 is 27.5 Å². The molecule has 3 N–H and O–H groups in total. The van der Waals surface area contributed by atoms with Crippen LogP contribution in [0.2, 0.25) is 0 Å². The van der Waals surface area contributed by atoms with E-state index in [1.54, 1.807) is 0 Å².